The van der Waals surface area contributed by atoms with E-state index in [0.29, 0.717) is 5.56 Å². The van der Waals surface area contributed by atoms with Crippen molar-refractivity contribution in [3.63, 3.8) is 0 Å². The van der Waals surface area contributed by atoms with Gasteiger partial charge in [0.2, 0.25) is 0 Å². The van der Waals surface area contributed by atoms with E-state index in [1.54, 1.807) is 38.5 Å². The summed E-state index contributed by atoms with van der Waals surface area (Å²) in [7, 11) is 5.33. The van der Waals surface area contributed by atoms with E-state index in [1.807, 2.05) is 52.8 Å². The molecule has 0 bridgehead atoms. The summed E-state index contributed by atoms with van der Waals surface area (Å²) in [5, 5.41) is 11.3. The molecule has 6 heteroatoms. The number of nitrogens with one attached hydrogen (secondary N) is 1. The van der Waals surface area contributed by atoms with Crippen LogP contribution in [0.25, 0.3) is 0 Å². The Morgan fingerprint density at radius 1 is 1.05 bits per heavy atom. The molecule has 0 amide bonds. The fraction of sp³-hybridized carbons (Fsp3) is 0.438. The van der Waals surface area contributed by atoms with E-state index in [9.17, 15) is 0 Å². The Labute approximate surface area is 137 Å². The summed E-state index contributed by atoms with van der Waals surface area (Å²) in [5.74, 6) is 3.66. The van der Waals surface area contributed by atoms with Crippen molar-refractivity contribution >= 4 is 14.1 Å². The summed E-state index contributed by atoms with van der Waals surface area (Å²) in [6, 6.07) is 5.65. The maximum atomic E-state index is 8.26. The van der Waals surface area contributed by atoms with Gasteiger partial charge in [0.25, 0.3) is 0 Å². The van der Waals surface area contributed by atoms with Gasteiger partial charge in [-0.05, 0) is 0 Å². The first-order valence-corrected chi connectivity index (χ1v) is 7.20. The van der Waals surface area contributed by atoms with Gasteiger partial charge in [-0.3, -0.25) is 0 Å². The Hall–Kier alpha value is -1.86. The molecule has 0 unspecified atom stereocenters. The van der Waals surface area contributed by atoms with E-state index in [0.717, 1.165) is 6.54 Å². The van der Waals surface area contributed by atoms with Gasteiger partial charge in [-0.2, -0.15) is 0 Å². The SMILES string of the molecule is C.CC.CC.CNCc1cbncc1.N#Cc1cbncc1. The van der Waals surface area contributed by atoms with Gasteiger partial charge in [-0.25, -0.2) is 0 Å². The molecule has 0 spiro atoms. The molecule has 2 heterocycles. The van der Waals surface area contributed by atoms with E-state index in [4.69, 9.17) is 5.26 Å². The third-order valence-electron chi connectivity index (χ3n) is 1.94. The summed E-state index contributed by atoms with van der Waals surface area (Å²) in [6.45, 7) is 8.92. The fourth-order valence-electron chi connectivity index (χ4n) is 1.13. The number of aromatic nitrogens is 2. The predicted octanol–water partition coefficient (Wildman–Crippen LogP) is 3.12. The second-order valence-corrected chi connectivity index (χ2v) is 3.23. The maximum absolute atomic E-state index is 8.26. The van der Waals surface area contributed by atoms with Crippen molar-refractivity contribution < 1.29 is 0 Å². The van der Waals surface area contributed by atoms with Crippen molar-refractivity contribution in [2.45, 2.75) is 41.7 Å². The van der Waals surface area contributed by atoms with E-state index in [1.165, 1.54) is 5.56 Å². The monoisotopic (exact) mass is 298 g/mol. The Balaban J connectivity index is -0.000000259. The standard InChI is InChI=1S/C6H9BN2.C5H3BN2.2C2H6.CH4/c1-8-5-6-2-3-9-7-4-6;7-4-5-1-2-8-6-3-5;2*1-2;/h2-4,8H,5H2,1H3;1-3H;2*1-2H3;1H4. The van der Waals surface area contributed by atoms with Crippen molar-refractivity contribution in [2.24, 2.45) is 0 Å². The van der Waals surface area contributed by atoms with Gasteiger partial charge in [-0.15, -0.1) is 0 Å². The Morgan fingerprint density at radius 2 is 1.59 bits per heavy atom. The molecule has 2 aromatic rings. The third kappa shape index (κ3) is 14.5. The first-order valence-electron chi connectivity index (χ1n) is 7.20. The second kappa shape index (κ2) is 21.4. The fourth-order valence-corrected chi connectivity index (χ4v) is 1.13. The molecule has 0 aliphatic heterocycles. The van der Waals surface area contributed by atoms with Crippen LogP contribution in [0.15, 0.2) is 36.4 Å². The van der Waals surface area contributed by atoms with E-state index in [2.05, 4.69) is 15.1 Å². The Bertz CT molecular complexity index is 459. The van der Waals surface area contributed by atoms with Gasteiger partial charge in [-0.1, -0.05) is 35.1 Å². The summed E-state index contributed by atoms with van der Waals surface area (Å²) in [5.41, 5.74) is 1.92. The molecule has 4 nitrogen and oxygen atoms in total. The van der Waals surface area contributed by atoms with Gasteiger partial charge in [0.15, 0.2) is 0 Å². The van der Waals surface area contributed by atoms with Crippen LogP contribution in [0.3, 0.4) is 0 Å². The van der Waals surface area contributed by atoms with Crippen LogP contribution in [0.1, 0.15) is 46.2 Å². The van der Waals surface area contributed by atoms with Gasteiger partial charge in [0.1, 0.15) is 0 Å². The summed E-state index contributed by atoms with van der Waals surface area (Å²) < 4.78 is 0. The number of hydrogen-bond acceptors (Lipinski definition) is 4. The second-order valence-electron chi connectivity index (χ2n) is 3.23. The first kappa shape index (κ1) is 25.1. The van der Waals surface area contributed by atoms with Crippen molar-refractivity contribution in [1.82, 2.24) is 15.1 Å². The molecular weight excluding hydrogens is 270 g/mol. The van der Waals surface area contributed by atoms with Gasteiger partial charge >= 0.3 is 102 Å². The molecule has 0 aliphatic carbocycles. The minimum atomic E-state index is 0. The first-order chi connectivity index (χ1) is 10.4. The zero-order valence-electron chi connectivity index (χ0n) is 13.7. The molecule has 2 rings (SSSR count). The quantitative estimate of drug-likeness (QED) is 0.925. The van der Waals surface area contributed by atoms with Crippen molar-refractivity contribution in [3.05, 3.63) is 47.6 Å². The molecule has 0 saturated carbocycles. The molecule has 1 N–H and O–H groups in total. The zero-order valence-corrected chi connectivity index (χ0v) is 13.7. The molecule has 0 fully saturated rings. The van der Waals surface area contributed by atoms with Crippen LogP contribution in [-0.4, -0.2) is 30.9 Å². The molecule has 2 aromatic heterocycles. The number of hydrogen-bond donors (Lipinski definition) is 1. The molecule has 0 radical (unpaired) electrons. The van der Waals surface area contributed by atoms with E-state index >= 15 is 0 Å². The Kier molecular flexibility index (Phi) is 24.5. The zero-order chi connectivity index (χ0) is 16.3. The topological polar surface area (TPSA) is 61.6 Å². The number of nitriles is 1. The van der Waals surface area contributed by atoms with Gasteiger partial charge < -0.3 is 0 Å². The molecule has 0 aliphatic rings. The van der Waals surface area contributed by atoms with Crippen LogP contribution < -0.4 is 5.32 Å². The summed E-state index contributed by atoms with van der Waals surface area (Å²) >= 11 is 0. The molecule has 22 heavy (non-hydrogen) atoms. The van der Waals surface area contributed by atoms with Gasteiger partial charge in [0, 0.05) is 0 Å². The van der Waals surface area contributed by atoms with Crippen LogP contribution in [-0.2, 0) is 6.54 Å². The van der Waals surface area contributed by atoms with Crippen LogP contribution >= 0.6 is 0 Å². The summed E-state index contributed by atoms with van der Waals surface area (Å²) in [4.78, 5) is 7.64. The molecule has 118 valence electrons. The normalized spacial score (nSPS) is 6.91. The Morgan fingerprint density at radius 3 is 1.91 bits per heavy atom. The number of rotatable bonds is 2. The average Bonchev–Trinajstić information content (AvgIpc) is 2.61. The molecule has 0 saturated heterocycles. The van der Waals surface area contributed by atoms with Crippen molar-refractivity contribution in [1.29, 1.82) is 5.26 Å². The van der Waals surface area contributed by atoms with E-state index in [-0.39, 0.29) is 7.43 Å². The van der Waals surface area contributed by atoms with Gasteiger partial charge in [0.05, 0.1) is 0 Å². The molecular formula is C16H28B2N4. The molecule has 0 aromatic carbocycles. The number of nitrogens with zero attached hydrogens (tertiary/aromatic N) is 3. The van der Waals surface area contributed by atoms with Crippen LogP contribution in [0.2, 0.25) is 0 Å². The predicted molar refractivity (Wildman–Crippen MR) is 98.1 cm³/mol. The minimum absolute atomic E-state index is 0. The van der Waals surface area contributed by atoms with Crippen LogP contribution in [0.4, 0.5) is 0 Å². The van der Waals surface area contributed by atoms with Crippen LogP contribution in [0, 0.1) is 11.3 Å². The molecule has 0 atom stereocenters. The van der Waals surface area contributed by atoms with Crippen molar-refractivity contribution in [3.8, 4) is 6.07 Å². The summed E-state index contributed by atoms with van der Waals surface area (Å²) in [6.07, 6.45) is 3.39. The third-order valence-corrected chi connectivity index (χ3v) is 1.94. The van der Waals surface area contributed by atoms with Crippen LogP contribution in [0.5, 0.6) is 0 Å². The van der Waals surface area contributed by atoms with E-state index < -0.39 is 0 Å². The average molecular weight is 298 g/mol. The van der Waals surface area contributed by atoms with Crippen molar-refractivity contribution in [2.75, 3.05) is 7.05 Å².